The highest BCUT2D eigenvalue weighted by Gasteiger charge is 1.74. The molecule has 0 aliphatic heterocycles. The summed E-state index contributed by atoms with van der Waals surface area (Å²) >= 11 is 0. The maximum atomic E-state index is 2.98. The van der Waals surface area contributed by atoms with Crippen molar-refractivity contribution in [3.05, 3.63) is 0 Å². The number of hydrogen-bond acceptors (Lipinski definition) is 0. The summed E-state index contributed by atoms with van der Waals surface area (Å²) in [5, 5.41) is 0. The fraction of sp³-hybridized carbons (Fsp3) is 0.500. The van der Waals surface area contributed by atoms with Crippen LogP contribution in [0.2, 0.25) is 0 Å². The summed E-state index contributed by atoms with van der Waals surface area (Å²) in [6, 6.07) is 0. The minimum Gasteiger partial charge on any atom is -0.0891 e. The number of hydrogen-bond donors (Lipinski definition) is 0. The molecule has 0 aromatic rings. The summed E-state index contributed by atoms with van der Waals surface area (Å²) in [5.74, 6) is 22.2. The third kappa shape index (κ3) is 12.2. The topological polar surface area (TPSA) is 0 Å². The predicted molar refractivity (Wildman–Crippen MR) is 70.2 cm³/mol. The number of unbranched alkanes of at least 4 members (excludes halogenated alkanes) is 4. The van der Waals surface area contributed by atoms with Gasteiger partial charge in [0.1, 0.15) is 0 Å². The largest absolute Gasteiger partial charge is 0.0891 e. The van der Waals surface area contributed by atoms with Crippen LogP contribution in [-0.2, 0) is 0 Å². The van der Waals surface area contributed by atoms with Crippen LogP contribution < -0.4 is 0 Å². The Bertz CT molecular complexity index is 354. The lowest BCUT2D eigenvalue weighted by Crippen LogP contribution is -1.66. The van der Waals surface area contributed by atoms with Gasteiger partial charge in [0.15, 0.2) is 0 Å². The molecule has 0 nitrogen and oxygen atoms in total. The van der Waals surface area contributed by atoms with E-state index >= 15 is 0 Å². The smallest absolute Gasteiger partial charge is 0.00988 e. The highest BCUT2D eigenvalue weighted by atomic mass is 13.8. The second-order valence-electron chi connectivity index (χ2n) is 3.31. The van der Waals surface area contributed by atoms with Crippen molar-refractivity contribution >= 4 is 0 Å². The van der Waals surface area contributed by atoms with Gasteiger partial charge < -0.3 is 0 Å². The van der Waals surface area contributed by atoms with Crippen molar-refractivity contribution in [1.29, 1.82) is 0 Å². The van der Waals surface area contributed by atoms with Crippen molar-refractivity contribution < 1.29 is 0 Å². The fourth-order valence-corrected chi connectivity index (χ4v) is 0.869. The van der Waals surface area contributed by atoms with Crippen LogP contribution in [0.25, 0.3) is 0 Å². The van der Waals surface area contributed by atoms with Crippen LogP contribution >= 0.6 is 0 Å². The molecule has 82 valence electrons. The van der Waals surface area contributed by atoms with Gasteiger partial charge in [0.25, 0.3) is 0 Å². The molecule has 0 N–H and O–H groups in total. The third-order valence-electron chi connectivity index (χ3n) is 1.80. The van der Waals surface area contributed by atoms with Crippen molar-refractivity contribution in [2.24, 2.45) is 0 Å². The maximum absolute atomic E-state index is 2.98. The molecule has 0 atom stereocenters. The van der Waals surface area contributed by atoms with Crippen LogP contribution in [0.15, 0.2) is 0 Å². The molecule has 0 aliphatic carbocycles. The van der Waals surface area contributed by atoms with E-state index in [1.807, 2.05) is 0 Å². The summed E-state index contributed by atoms with van der Waals surface area (Å²) in [5.41, 5.74) is 0. The summed E-state index contributed by atoms with van der Waals surface area (Å²) in [4.78, 5) is 0. The second-order valence-corrected chi connectivity index (χ2v) is 3.31. The van der Waals surface area contributed by atoms with E-state index in [1.165, 1.54) is 12.8 Å². The minimum atomic E-state index is 0.926. The molecule has 0 aromatic carbocycles. The molecule has 0 unspecified atom stereocenters. The van der Waals surface area contributed by atoms with Crippen molar-refractivity contribution in [2.45, 2.75) is 52.4 Å². The Morgan fingerprint density at radius 3 is 1.31 bits per heavy atom. The first-order valence-electron chi connectivity index (χ1n) is 5.87. The Morgan fingerprint density at radius 1 is 0.562 bits per heavy atom. The maximum Gasteiger partial charge on any atom is 0.00988 e. The minimum absolute atomic E-state index is 0.926. The molecule has 0 bridgehead atoms. The van der Waals surface area contributed by atoms with E-state index < -0.39 is 0 Å². The molecule has 0 amide bonds. The van der Waals surface area contributed by atoms with Crippen LogP contribution in [0.5, 0.6) is 0 Å². The Kier molecular flexibility index (Phi) is 11.8. The van der Waals surface area contributed by atoms with Crippen LogP contribution in [-0.4, -0.2) is 0 Å². The molecule has 0 fully saturated rings. The molecule has 0 rings (SSSR count). The second kappa shape index (κ2) is 13.2. The van der Waals surface area contributed by atoms with E-state index in [0.29, 0.717) is 0 Å². The van der Waals surface area contributed by atoms with E-state index in [9.17, 15) is 0 Å². The van der Waals surface area contributed by atoms with E-state index in [2.05, 4.69) is 61.2 Å². The van der Waals surface area contributed by atoms with E-state index in [-0.39, 0.29) is 0 Å². The van der Waals surface area contributed by atoms with Crippen LogP contribution in [0.4, 0.5) is 0 Å². The quantitative estimate of drug-likeness (QED) is 0.493. The standard InChI is InChI=1S/C16H18/c1-3-5-7-9-11-13-15-16-14-12-10-8-6-4-2/h3-8H2,1-2H3. The summed E-state index contributed by atoms with van der Waals surface area (Å²) in [6.45, 7) is 4.30. The van der Waals surface area contributed by atoms with Crippen molar-refractivity contribution in [3.63, 3.8) is 0 Å². The number of rotatable bonds is 4. The zero-order valence-electron chi connectivity index (χ0n) is 10.2. The third-order valence-corrected chi connectivity index (χ3v) is 1.80. The van der Waals surface area contributed by atoms with Gasteiger partial charge in [-0.3, -0.25) is 0 Å². The van der Waals surface area contributed by atoms with Gasteiger partial charge in [-0.2, -0.15) is 0 Å². The average Bonchev–Trinajstić information content (AvgIpc) is 2.31. The van der Waals surface area contributed by atoms with Gasteiger partial charge in [-0.05, 0) is 48.4 Å². The molecule has 0 spiro atoms. The van der Waals surface area contributed by atoms with Gasteiger partial charge in [-0.25, -0.2) is 0 Å². The zero-order valence-corrected chi connectivity index (χ0v) is 10.2. The monoisotopic (exact) mass is 210 g/mol. The van der Waals surface area contributed by atoms with E-state index in [4.69, 9.17) is 0 Å². The molecular formula is C16H18. The van der Waals surface area contributed by atoms with Crippen LogP contribution in [0.3, 0.4) is 0 Å². The fourth-order valence-electron chi connectivity index (χ4n) is 0.869. The van der Waals surface area contributed by atoms with Crippen molar-refractivity contribution in [2.75, 3.05) is 0 Å². The van der Waals surface area contributed by atoms with Gasteiger partial charge in [0.05, 0.1) is 0 Å². The van der Waals surface area contributed by atoms with Gasteiger partial charge in [-0.1, -0.05) is 38.5 Å². The van der Waals surface area contributed by atoms with Crippen LogP contribution in [0.1, 0.15) is 52.4 Å². The molecule has 16 heavy (non-hydrogen) atoms. The lowest BCUT2D eigenvalue weighted by atomic mass is 10.2. The van der Waals surface area contributed by atoms with Gasteiger partial charge in [-0.15, -0.1) is 0 Å². The molecule has 0 saturated heterocycles. The predicted octanol–water partition coefficient (Wildman–Crippen LogP) is 3.38. The van der Waals surface area contributed by atoms with Crippen LogP contribution in [0, 0.1) is 47.4 Å². The lowest BCUT2D eigenvalue weighted by molar-refractivity contribution is 0.828. The normalized spacial score (nSPS) is 6.88. The molecule has 0 heterocycles. The molecule has 0 aromatic heterocycles. The Balaban J connectivity index is 3.75. The van der Waals surface area contributed by atoms with E-state index in [1.54, 1.807) is 0 Å². The highest BCUT2D eigenvalue weighted by Crippen LogP contribution is 1.90. The first-order valence-corrected chi connectivity index (χ1v) is 5.87. The Labute approximate surface area is 100 Å². The lowest BCUT2D eigenvalue weighted by Gasteiger charge is -1.80. The SMILES string of the molecule is CCCCC#CC#CC#CC#CCCCC. The van der Waals surface area contributed by atoms with Gasteiger partial charge >= 0.3 is 0 Å². The first-order chi connectivity index (χ1) is 7.91. The van der Waals surface area contributed by atoms with Crippen molar-refractivity contribution in [3.8, 4) is 47.4 Å². The Hall–Kier alpha value is -1.76. The zero-order chi connectivity index (χ0) is 11.9. The molecule has 0 aliphatic rings. The first kappa shape index (κ1) is 14.2. The highest BCUT2D eigenvalue weighted by molar-refractivity contribution is 5.39. The van der Waals surface area contributed by atoms with Crippen molar-refractivity contribution in [1.82, 2.24) is 0 Å². The summed E-state index contributed by atoms with van der Waals surface area (Å²) < 4.78 is 0. The molecule has 0 heteroatoms. The molecular weight excluding hydrogens is 192 g/mol. The average molecular weight is 210 g/mol. The summed E-state index contributed by atoms with van der Waals surface area (Å²) in [6.07, 6.45) is 6.49. The van der Waals surface area contributed by atoms with Gasteiger partial charge in [0, 0.05) is 12.8 Å². The molecule has 0 saturated carbocycles. The van der Waals surface area contributed by atoms with Gasteiger partial charge in [0.2, 0.25) is 0 Å². The van der Waals surface area contributed by atoms with E-state index in [0.717, 1.165) is 25.7 Å². The summed E-state index contributed by atoms with van der Waals surface area (Å²) in [7, 11) is 0. The Morgan fingerprint density at radius 2 is 0.938 bits per heavy atom. The molecule has 0 radical (unpaired) electrons.